The van der Waals surface area contributed by atoms with Crippen LogP contribution in [0, 0.1) is 0 Å². The van der Waals surface area contributed by atoms with Crippen molar-refractivity contribution < 1.29 is 9.47 Å². The molecule has 0 fully saturated rings. The van der Waals surface area contributed by atoms with E-state index in [-0.39, 0.29) is 0 Å². The minimum atomic E-state index is 0.587. The van der Waals surface area contributed by atoms with Gasteiger partial charge in [-0.25, -0.2) is 4.98 Å². The molecule has 3 rings (SSSR count). The van der Waals surface area contributed by atoms with Crippen LogP contribution in [0.1, 0.15) is 17.0 Å². The summed E-state index contributed by atoms with van der Waals surface area (Å²) in [4.78, 5) is 7.33. The number of aromatic nitrogens is 2. The van der Waals surface area contributed by atoms with E-state index in [4.69, 9.17) is 9.47 Å². The molecule has 0 unspecified atom stereocenters. The topological polar surface area (TPSA) is 47.1 Å². The normalized spacial score (nSPS) is 13.6. The molecule has 1 aromatic carbocycles. The smallest absolute Gasteiger partial charge is 0.140 e. The highest BCUT2D eigenvalue weighted by Crippen LogP contribution is 2.31. The van der Waals surface area contributed by atoms with Crippen LogP contribution in [0.4, 0.5) is 0 Å². The van der Waals surface area contributed by atoms with Crippen LogP contribution in [0.15, 0.2) is 36.9 Å². The van der Waals surface area contributed by atoms with E-state index in [0.29, 0.717) is 6.61 Å². The van der Waals surface area contributed by atoms with Crippen LogP contribution in [-0.4, -0.2) is 17.1 Å². The number of benzene rings is 1. The van der Waals surface area contributed by atoms with Crippen molar-refractivity contribution in [3.05, 3.63) is 53.8 Å². The lowest BCUT2D eigenvalue weighted by atomic mass is 9.98. The maximum Gasteiger partial charge on any atom is 0.140 e. The van der Waals surface area contributed by atoms with E-state index >= 15 is 0 Å². The van der Waals surface area contributed by atoms with Crippen LogP contribution in [0.5, 0.6) is 5.75 Å². The molecule has 0 saturated heterocycles. The van der Waals surface area contributed by atoms with Crippen LogP contribution in [-0.2, 0) is 11.3 Å². The standard InChI is InChI=1S/C13H12N2O2/c1-16-10-3-2-9-7-17-8-12(11(9)6-10)13-14-4-5-15-13/h2-6,8H,7H2,1H3,(H,14,15). The van der Waals surface area contributed by atoms with Gasteiger partial charge in [0.15, 0.2) is 0 Å². The summed E-state index contributed by atoms with van der Waals surface area (Å²) >= 11 is 0. The zero-order valence-corrected chi connectivity index (χ0v) is 9.43. The number of rotatable bonds is 2. The Bertz CT molecular complexity index is 559. The predicted molar refractivity (Wildman–Crippen MR) is 63.4 cm³/mol. The molecule has 86 valence electrons. The van der Waals surface area contributed by atoms with E-state index < -0.39 is 0 Å². The van der Waals surface area contributed by atoms with Crippen LogP contribution in [0.25, 0.3) is 5.57 Å². The molecule has 0 amide bonds. The van der Waals surface area contributed by atoms with Gasteiger partial charge in [0.05, 0.1) is 18.9 Å². The van der Waals surface area contributed by atoms with E-state index in [0.717, 1.165) is 28.3 Å². The molecule has 1 aliphatic rings. The number of fused-ring (bicyclic) bond motifs is 1. The lowest BCUT2D eigenvalue weighted by Gasteiger charge is -2.17. The first kappa shape index (κ1) is 9.96. The highest BCUT2D eigenvalue weighted by Gasteiger charge is 2.17. The summed E-state index contributed by atoms with van der Waals surface area (Å²) in [5, 5.41) is 0. The second kappa shape index (κ2) is 3.97. The summed E-state index contributed by atoms with van der Waals surface area (Å²) < 4.78 is 10.7. The van der Waals surface area contributed by atoms with Crippen molar-refractivity contribution in [1.82, 2.24) is 9.97 Å². The van der Waals surface area contributed by atoms with Crippen molar-refractivity contribution in [3.8, 4) is 5.75 Å². The molecule has 4 heteroatoms. The molecule has 0 spiro atoms. The minimum absolute atomic E-state index is 0.587. The first-order valence-electron chi connectivity index (χ1n) is 5.37. The van der Waals surface area contributed by atoms with Gasteiger partial charge in [-0.15, -0.1) is 0 Å². The van der Waals surface area contributed by atoms with Crippen molar-refractivity contribution in [2.45, 2.75) is 6.61 Å². The highest BCUT2D eigenvalue weighted by atomic mass is 16.5. The zero-order chi connectivity index (χ0) is 11.7. The summed E-state index contributed by atoms with van der Waals surface area (Å²) in [6, 6.07) is 5.96. The summed E-state index contributed by atoms with van der Waals surface area (Å²) in [5.74, 6) is 1.64. The van der Waals surface area contributed by atoms with Crippen molar-refractivity contribution in [3.63, 3.8) is 0 Å². The number of nitrogens with one attached hydrogen (secondary N) is 1. The van der Waals surface area contributed by atoms with E-state index in [1.807, 2.05) is 18.2 Å². The first-order valence-corrected chi connectivity index (χ1v) is 5.37. The van der Waals surface area contributed by atoms with E-state index in [1.54, 1.807) is 25.8 Å². The average Bonchev–Trinajstić information content (AvgIpc) is 2.91. The van der Waals surface area contributed by atoms with Gasteiger partial charge in [0.2, 0.25) is 0 Å². The van der Waals surface area contributed by atoms with Crippen LogP contribution in [0.2, 0.25) is 0 Å². The van der Waals surface area contributed by atoms with Gasteiger partial charge in [-0.1, -0.05) is 6.07 Å². The fourth-order valence-corrected chi connectivity index (χ4v) is 1.93. The number of hydrogen-bond donors (Lipinski definition) is 1. The van der Waals surface area contributed by atoms with Gasteiger partial charge in [0, 0.05) is 12.4 Å². The number of nitrogens with zero attached hydrogens (tertiary/aromatic N) is 1. The Morgan fingerprint density at radius 1 is 1.41 bits per heavy atom. The van der Waals surface area contributed by atoms with Gasteiger partial charge in [0.25, 0.3) is 0 Å². The van der Waals surface area contributed by atoms with Crippen molar-refractivity contribution >= 4 is 5.57 Å². The van der Waals surface area contributed by atoms with E-state index in [2.05, 4.69) is 9.97 Å². The van der Waals surface area contributed by atoms with Crippen LogP contribution < -0.4 is 4.74 Å². The Morgan fingerprint density at radius 3 is 3.12 bits per heavy atom. The Balaban J connectivity index is 2.12. The van der Waals surface area contributed by atoms with E-state index in [9.17, 15) is 0 Å². The highest BCUT2D eigenvalue weighted by molar-refractivity contribution is 5.78. The van der Waals surface area contributed by atoms with Crippen LogP contribution >= 0.6 is 0 Å². The zero-order valence-electron chi connectivity index (χ0n) is 9.43. The summed E-state index contributed by atoms with van der Waals surface area (Å²) in [5.41, 5.74) is 3.19. The fourth-order valence-electron chi connectivity index (χ4n) is 1.93. The quantitative estimate of drug-likeness (QED) is 0.858. The molecular formula is C13H12N2O2. The number of hydrogen-bond acceptors (Lipinski definition) is 3. The first-order chi connectivity index (χ1) is 8.38. The number of methoxy groups -OCH3 is 1. The monoisotopic (exact) mass is 228 g/mol. The Labute approximate surface area is 98.9 Å². The van der Waals surface area contributed by atoms with Crippen LogP contribution in [0.3, 0.4) is 0 Å². The van der Waals surface area contributed by atoms with Crippen molar-refractivity contribution in [1.29, 1.82) is 0 Å². The molecule has 1 aromatic heterocycles. The molecule has 1 aliphatic heterocycles. The maximum absolute atomic E-state index is 5.44. The third-order valence-electron chi connectivity index (χ3n) is 2.80. The number of aromatic amines is 1. The SMILES string of the molecule is COc1ccc2c(c1)C(c1ncc[nH]1)=COC2. The molecule has 17 heavy (non-hydrogen) atoms. The van der Waals surface area contributed by atoms with Crippen molar-refractivity contribution in [2.75, 3.05) is 7.11 Å². The third-order valence-corrected chi connectivity index (χ3v) is 2.80. The predicted octanol–water partition coefficient (Wildman–Crippen LogP) is 2.34. The number of imidazole rings is 1. The average molecular weight is 228 g/mol. The fraction of sp³-hybridized carbons (Fsp3) is 0.154. The molecule has 2 aromatic rings. The summed E-state index contributed by atoms with van der Waals surface area (Å²) in [7, 11) is 1.66. The molecule has 4 nitrogen and oxygen atoms in total. The lowest BCUT2D eigenvalue weighted by Crippen LogP contribution is -2.04. The summed E-state index contributed by atoms with van der Waals surface area (Å²) in [6.45, 7) is 0.587. The van der Waals surface area contributed by atoms with Gasteiger partial charge < -0.3 is 14.5 Å². The Morgan fingerprint density at radius 2 is 2.35 bits per heavy atom. The Hall–Kier alpha value is -2.23. The lowest BCUT2D eigenvalue weighted by molar-refractivity contribution is 0.232. The van der Waals surface area contributed by atoms with Crippen molar-refractivity contribution in [2.24, 2.45) is 0 Å². The second-order valence-corrected chi connectivity index (χ2v) is 3.80. The van der Waals surface area contributed by atoms with Gasteiger partial charge in [0.1, 0.15) is 18.2 Å². The van der Waals surface area contributed by atoms with Gasteiger partial charge in [-0.3, -0.25) is 0 Å². The van der Waals surface area contributed by atoms with E-state index in [1.165, 1.54) is 0 Å². The second-order valence-electron chi connectivity index (χ2n) is 3.80. The molecule has 0 aliphatic carbocycles. The molecule has 0 bridgehead atoms. The number of H-pyrrole nitrogens is 1. The molecule has 0 radical (unpaired) electrons. The molecule has 1 N–H and O–H groups in total. The number of ether oxygens (including phenoxy) is 2. The molecule has 0 saturated carbocycles. The third kappa shape index (κ3) is 1.67. The minimum Gasteiger partial charge on any atom is -0.497 e. The summed E-state index contributed by atoms with van der Waals surface area (Å²) in [6.07, 6.45) is 5.26. The van der Waals surface area contributed by atoms with Gasteiger partial charge in [-0.05, 0) is 23.3 Å². The Kier molecular flexibility index (Phi) is 2.33. The van der Waals surface area contributed by atoms with Gasteiger partial charge >= 0.3 is 0 Å². The largest absolute Gasteiger partial charge is 0.497 e. The maximum atomic E-state index is 5.44. The molecule has 0 atom stereocenters. The molecular weight excluding hydrogens is 216 g/mol. The molecule has 2 heterocycles. The van der Waals surface area contributed by atoms with Gasteiger partial charge in [-0.2, -0.15) is 0 Å².